The van der Waals surface area contributed by atoms with E-state index in [-0.39, 0.29) is 15.7 Å². The fourth-order valence-corrected chi connectivity index (χ4v) is 4.99. The van der Waals surface area contributed by atoms with Crippen LogP contribution in [0.1, 0.15) is 20.7 Å². The fraction of sp³-hybridized carbons (Fsp3) is 0. The van der Waals surface area contributed by atoms with Gasteiger partial charge in [-0.3, -0.25) is 9.59 Å². The topological polar surface area (TPSA) is 98.5 Å². The minimum absolute atomic E-state index is 0.00118. The first kappa shape index (κ1) is 17.7. The molecule has 1 aromatic carbocycles. The number of imide groups is 1. The van der Waals surface area contributed by atoms with Crippen molar-refractivity contribution in [3.8, 4) is 0 Å². The van der Waals surface area contributed by atoms with Gasteiger partial charge in [-0.05, 0) is 36.4 Å². The van der Waals surface area contributed by atoms with Crippen molar-refractivity contribution in [1.82, 2.24) is 9.71 Å². The van der Waals surface area contributed by atoms with Crippen molar-refractivity contribution in [3.05, 3.63) is 70.2 Å². The van der Waals surface area contributed by atoms with Gasteiger partial charge in [-0.25, -0.2) is 9.88 Å². The van der Waals surface area contributed by atoms with E-state index < -0.39 is 21.8 Å². The Kier molecular flexibility index (Phi) is 4.22. The summed E-state index contributed by atoms with van der Waals surface area (Å²) in [5.74, 6) is -0.981. The normalized spacial score (nSPS) is 13.7. The summed E-state index contributed by atoms with van der Waals surface area (Å²) in [5.41, 5.74) is 0.860. The van der Waals surface area contributed by atoms with Crippen LogP contribution in [0.4, 0.5) is 11.5 Å². The highest BCUT2D eigenvalue weighted by Crippen LogP contribution is 2.30. The lowest BCUT2D eigenvalue weighted by molar-refractivity contribution is 0.0926. The lowest BCUT2D eigenvalue weighted by Crippen LogP contribution is -2.29. The molecule has 0 spiro atoms. The van der Waals surface area contributed by atoms with Gasteiger partial charge >= 0.3 is 0 Å². The molecular formula is C17H9ClN3O4S2. The third-order valence-electron chi connectivity index (χ3n) is 3.80. The van der Waals surface area contributed by atoms with E-state index in [1.165, 1.54) is 30.5 Å². The van der Waals surface area contributed by atoms with Gasteiger partial charge in [0.25, 0.3) is 21.8 Å². The number of carbonyl (C=O) groups is 2. The molecule has 1 aliphatic rings. The summed E-state index contributed by atoms with van der Waals surface area (Å²) in [4.78, 5) is 29.9. The van der Waals surface area contributed by atoms with Crippen molar-refractivity contribution < 1.29 is 18.0 Å². The Morgan fingerprint density at radius 2 is 1.63 bits per heavy atom. The van der Waals surface area contributed by atoms with Crippen molar-refractivity contribution in [3.63, 3.8) is 0 Å². The molecule has 10 heteroatoms. The Morgan fingerprint density at radius 1 is 0.963 bits per heavy atom. The van der Waals surface area contributed by atoms with Crippen molar-refractivity contribution in [1.29, 1.82) is 0 Å². The van der Waals surface area contributed by atoms with Gasteiger partial charge in [-0.2, -0.15) is 8.42 Å². The zero-order valence-corrected chi connectivity index (χ0v) is 15.8. The number of hydrogen-bond acceptors (Lipinski definition) is 6. The lowest BCUT2D eigenvalue weighted by atomic mass is 10.1. The fourth-order valence-electron chi connectivity index (χ4n) is 2.59. The standard InChI is InChI=1S/C17H9ClN3O4S2/c18-13-6-8-15(26-13)27(24,25)20-14-7-5-10(9-19-14)21-16(22)11-3-1-2-4-12(11)17(21)23/h1-9H. The van der Waals surface area contributed by atoms with Crippen LogP contribution in [-0.4, -0.2) is 25.2 Å². The van der Waals surface area contributed by atoms with Crippen LogP contribution in [0.5, 0.6) is 0 Å². The highest BCUT2D eigenvalue weighted by molar-refractivity contribution is 7.91. The number of sulfonamides is 1. The molecule has 0 saturated heterocycles. The third-order valence-corrected chi connectivity index (χ3v) is 6.78. The molecule has 3 aromatic rings. The van der Waals surface area contributed by atoms with E-state index in [1.807, 2.05) is 0 Å². The second kappa shape index (κ2) is 6.45. The average Bonchev–Trinajstić information content (AvgIpc) is 3.19. The maximum absolute atomic E-state index is 12.5. The summed E-state index contributed by atoms with van der Waals surface area (Å²) in [6.45, 7) is 0. The maximum Gasteiger partial charge on any atom is 0.293 e. The first-order valence-corrected chi connectivity index (χ1v) is 10.2. The molecule has 4 rings (SSSR count). The monoisotopic (exact) mass is 418 g/mol. The van der Waals surface area contributed by atoms with Gasteiger partial charge in [0, 0.05) is 0 Å². The number of nitrogens with zero attached hydrogens (tertiary/aromatic N) is 3. The number of anilines is 1. The van der Waals surface area contributed by atoms with Crippen LogP contribution in [0.3, 0.4) is 0 Å². The Morgan fingerprint density at radius 3 is 2.15 bits per heavy atom. The molecule has 0 bridgehead atoms. The summed E-state index contributed by atoms with van der Waals surface area (Å²) >= 11 is 6.65. The quantitative estimate of drug-likeness (QED) is 0.606. The largest absolute Gasteiger partial charge is 0.293 e. The molecule has 135 valence electrons. The minimum Gasteiger partial charge on any atom is -0.268 e. The first-order chi connectivity index (χ1) is 12.9. The molecule has 0 saturated carbocycles. The molecule has 0 aliphatic carbocycles. The van der Waals surface area contributed by atoms with Crippen LogP contribution >= 0.6 is 22.9 Å². The van der Waals surface area contributed by atoms with E-state index in [1.54, 1.807) is 24.3 Å². The van der Waals surface area contributed by atoms with Crippen LogP contribution in [0.25, 0.3) is 0 Å². The van der Waals surface area contributed by atoms with Crippen LogP contribution in [0.15, 0.2) is 58.9 Å². The molecule has 2 aromatic heterocycles. The van der Waals surface area contributed by atoms with Crippen LogP contribution in [-0.2, 0) is 10.0 Å². The Balaban J connectivity index is 1.59. The average molecular weight is 419 g/mol. The predicted molar refractivity (Wildman–Crippen MR) is 100 cm³/mol. The summed E-state index contributed by atoms with van der Waals surface area (Å²) in [6, 6.07) is 12.1. The number of benzene rings is 1. The van der Waals surface area contributed by atoms with Gasteiger partial charge in [0.15, 0.2) is 5.82 Å². The van der Waals surface area contributed by atoms with E-state index in [2.05, 4.69) is 9.71 Å². The molecule has 0 fully saturated rings. The Labute approximate surface area is 163 Å². The van der Waals surface area contributed by atoms with Crippen LogP contribution in [0.2, 0.25) is 4.34 Å². The molecule has 1 aliphatic heterocycles. The van der Waals surface area contributed by atoms with E-state index in [0.29, 0.717) is 15.5 Å². The summed E-state index contributed by atoms with van der Waals surface area (Å²) in [6.07, 6.45) is 1.23. The van der Waals surface area contributed by atoms with Crippen molar-refractivity contribution in [2.24, 2.45) is 0 Å². The molecule has 1 radical (unpaired) electrons. The zero-order valence-electron chi connectivity index (χ0n) is 13.4. The molecule has 7 nitrogen and oxygen atoms in total. The van der Waals surface area contributed by atoms with Crippen molar-refractivity contribution >= 4 is 56.3 Å². The van der Waals surface area contributed by atoms with Gasteiger partial charge in [0.2, 0.25) is 0 Å². The summed E-state index contributed by atoms with van der Waals surface area (Å²) in [5, 5.41) is 0. The van der Waals surface area contributed by atoms with E-state index in [4.69, 9.17) is 11.6 Å². The smallest absolute Gasteiger partial charge is 0.268 e. The number of aromatic nitrogens is 1. The first-order valence-electron chi connectivity index (χ1n) is 7.54. The molecule has 0 atom stereocenters. The second-order valence-electron chi connectivity index (χ2n) is 5.49. The Hall–Kier alpha value is -2.75. The maximum atomic E-state index is 12.5. The number of carbonyl (C=O) groups excluding carboxylic acids is 2. The number of rotatable bonds is 4. The van der Waals surface area contributed by atoms with Gasteiger partial charge in [0.05, 0.1) is 27.3 Å². The Bertz CT molecular complexity index is 1140. The molecule has 2 amide bonds. The number of halogens is 1. The van der Waals surface area contributed by atoms with Gasteiger partial charge in [-0.1, -0.05) is 23.7 Å². The summed E-state index contributed by atoms with van der Waals surface area (Å²) in [7, 11) is -3.94. The van der Waals surface area contributed by atoms with Crippen LogP contribution in [0, 0.1) is 0 Å². The molecule has 0 unspecified atom stereocenters. The molecule has 27 heavy (non-hydrogen) atoms. The number of thiophene rings is 1. The second-order valence-corrected chi connectivity index (χ2v) is 9.04. The van der Waals surface area contributed by atoms with Gasteiger partial charge in [-0.15, -0.1) is 16.1 Å². The molecular weight excluding hydrogens is 410 g/mol. The van der Waals surface area contributed by atoms with Crippen molar-refractivity contribution in [2.75, 3.05) is 4.90 Å². The highest BCUT2D eigenvalue weighted by Gasteiger charge is 2.36. The van der Waals surface area contributed by atoms with E-state index >= 15 is 0 Å². The third kappa shape index (κ3) is 3.09. The van der Waals surface area contributed by atoms with E-state index in [9.17, 15) is 18.0 Å². The van der Waals surface area contributed by atoms with Gasteiger partial charge in [0.1, 0.15) is 4.21 Å². The molecule has 3 heterocycles. The van der Waals surface area contributed by atoms with Crippen LogP contribution < -0.4 is 9.62 Å². The van der Waals surface area contributed by atoms with E-state index in [0.717, 1.165) is 16.2 Å². The van der Waals surface area contributed by atoms with Crippen molar-refractivity contribution in [2.45, 2.75) is 4.21 Å². The highest BCUT2D eigenvalue weighted by atomic mass is 35.5. The SMILES string of the molecule is O=C1c2ccccc2C(=O)N1c1ccc([N]S(=O)(=O)c2ccc(Cl)s2)nc1. The number of amides is 2. The summed E-state index contributed by atoms with van der Waals surface area (Å²) < 4.78 is 28.4. The van der Waals surface area contributed by atoms with Gasteiger partial charge < -0.3 is 0 Å². The number of hydrogen-bond donors (Lipinski definition) is 0. The number of fused-ring (bicyclic) bond motifs is 1. The minimum atomic E-state index is -3.94. The lowest BCUT2D eigenvalue weighted by Gasteiger charge is -2.13. The molecule has 0 N–H and O–H groups in total. The predicted octanol–water partition coefficient (Wildman–Crippen LogP) is 3.22. The number of pyridine rings is 1. The zero-order chi connectivity index (χ0) is 19.2.